The van der Waals surface area contributed by atoms with Gasteiger partial charge in [0.2, 0.25) is 10.4 Å². The fourth-order valence-corrected chi connectivity index (χ4v) is 18.3. The SMILES string of the molecule is CC[C@H](C(=O)C[C@](C)(O)C1CCC2C3C[C@H](OC4OC(C)C(O)C(OC5OCC(OC6OC(CO)C(O)C(O)C6OC6OC(C)C(O)C(OC7OC(C)C(O)C(O)C7O)C6O)C(O)C5OC5OC(C)C(O)C(O)C5O)C4O)[C@H]4CC(OS(=O)(=O)[O-])CC[C@]4(C)C3=CC[C@@]21C)C(C)C.[Na+]. The zero-order valence-electron chi connectivity index (χ0n) is 57.3. The number of rotatable bonds is 21. The van der Waals surface area contributed by atoms with Crippen molar-refractivity contribution in [1.82, 2.24) is 0 Å². The number of ether oxygens (including phenoxy) is 12. The van der Waals surface area contributed by atoms with E-state index in [2.05, 4.69) is 19.9 Å². The van der Waals surface area contributed by atoms with Gasteiger partial charge >= 0.3 is 29.6 Å². The van der Waals surface area contributed by atoms with Gasteiger partial charge in [0.1, 0.15) is 122 Å². The summed E-state index contributed by atoms with van der Waals surface area (Å²) in [6, 6.07) is 0. The van der Waals surface area contributed by atoms with Crippen LogP contribution in [0.4, 0.5) is 0 Å². The molecule has 32 nitrogen and oxygen atoms in total. The molecular weight excluding hydrogens is 1340 g/mol. The number of Topliss-reactive ketones (excluding diaryl/α,β-unsaturated/α-hetero) is 1. The predicted octanol–water partition coefficient (Wildman–Crippen LogP) is -6.53. The van der Waals surface area contributed by atoms with Crippen LogP contribution in [0.1, 0.15) is 127 Å². The third kappa shape index (κ3) is 16.1. The van der Waals surface area contributed by atoms with Crippen LogP contribution in [0.2, 0.25) is 0 Å². The van der Waals surface area contributed by atoms with Crippen molar-refractivity contribution in [3.8, 4) is 0 Å². The summed E-state index contributed by atoms with van der Waals surface area (Å²) in [4.78, 5) is 13.8. The Hall–Kier alpha value is -0.800. The maximum Gasteiger partial charge on any atom is 1.00 e. The number of hydrogen-bond donors (Lipinski definition) is 15. The van der Waals surface area contributed by atoms with Crippen molar-refractivity contribution in [1.29, 1.82) is 0 Å². The van der Waals surface area contributed by atoms with Crippen molar-refractivity contribution in [2.75, 3.05) is 13.2 Å². The largest absolute Gasteiger partial charge is 1.00 e. The molecule has 39 atom stereocenters. The molecule has 0 radical (unpaired) electrons. The van der Waals surface area contributed by atoms with Crippen molar-refractivity contribution in [3.63, 3.8) is 0 Å². The number of carbonyl (C=O) groups is 1. The van der Waals surface area contributed by atoms with Gasteiger partial charge in [0.25, 0.3) is 0 Å². The Balaban J connectivity index is 0.0000112. The van der Waals surface area contributed by atoms with Gasteiger partial charge in [-0.25, -0.2) is 8.42 Å². The minimum absolute atomic E-state index is 0. The Morgan fingerprint density at radius 1 is 0.602 bits per heavy atom. The Kier molecular flexibility index (Phi) is 26.5. The van der Waals surface area contributed by atoms with E-state index in [9.17, 15) is 94.4 Å². The van der Waals surface area contributed by atoms with Crippen LogP contribution in [0, 0.1) is 46.3 Å². The molecule has 34 heteroatoms. The Labute approximate surface area is 592 Å². The summed E-state index contributed by atoms with van der Waals surface area (Å²) in [6.07, 6.45) is -47.0. The van der Waals surface area contributed by atoms with Gasteiger partial charge in [-0.3, -0.25) is 8.98 Å². The molecular formula is C64H105NaO32S. The number of fused-ring (bicyclic) bond motifs is 5. The van der Waals surface area contributed by atoms with Crippen LogP contribution in [-0.4, -0.2) is 305 Å². The van der Waals surface area contributed by atoms with Crippen LogP contribution in [0.5, 0.6) is 0 Å². The van der Waals surface area contributed by atoms with E-state index >= 15 is 0 Å². The summed E-state index contributed by atoms with van der Waals surface area (Å²) >= 11 is 0. The predicted molar refractivity (Wildman–Crippen MR) is 324 cm³/mol. The molecule has 0 amide bonds. The van der Waals surface area contributed by atoms with E-state index in [4.69, 9.17) is 61.0 Å². The second-order valence-corrected chi connectivity index (χ2v) is 31.0. The van der Waals surface area contributed by atoms with Gasteiger partial charge in [-0.2, -0.15) is 0 Å². The molecule has 33 unspecified atom stereocenters. The fraction of sp³-hybridized carbons (Fsp3) is 0.953. The summed E-state index contributed by atoms with van der Waals surface area (Å²) in [6.45, 7) is 15.8. The third-order valence-electron chi connectivity index (χ3n) is 23.4. The van der Waals surface area contributed by atoms with E-state index < -0.39 is 236 Å². The molecule has 3 saturated carbocycles. The first-order valence-electron chi connectivity index (χ1n) is 34.2. The quantitative estimate of drug-likeness (QED) is 0.0220. The molecule has 6 aliphatic heterocycles. The summed E-state index contributed by atoms with van der Waals surface area (Å²) in [5, 5.41) is 170. The average Bonchev–Trinajstić information content (AvgIpc) is 1.38. The molecule has 0 spiro atoms. The number of allylic oxidation sites excluding steroid dienone is 2. The third-order valence-corrected chi connectivity index (χ3v) is 23.9. The van der Waals surface area contributed by atoms with Gasteiger partial charge in [0, 0.05) is 12.3 Å². The van der Waals surface area contributed by atoms with Gasteiger partial charge in [-0.15, -0.1) is 0 Å². The molecule has 15 N–H and O–H groups in total. The molecule has 6 heterocycles. The number of hydrogen-bond acceptors (Lipinski definition) is 32. The molecule has 10 aliphatic rings. The number of carbonyl (C=O) groups excluding carboxylic acids is 1. The second kappa shape index (κ2) is 31.9. The number of aliphatic hydroxyl groups excluding tert-OH is 14. The minimum atomic E-state index is -5.16. The summed E-state index contributed by atoms with van der Waals surface area (Å²) in [7, 11) is -5.16. The smallest absolute Gasteiger partial charge is 0.726 e. The van der Waals surface area contributed by atoms with Crippen LogP contribution in [-0.2, 0) is 76.2 Å². The van der Waals surface area contributed by atoms with Crippen LogP contribution in [0.15, 0.2) is 11.6 Å². The van der Waals surface area contributed by atoms with Crippen LogP contribution in [0.3, 0.4) is 0 Å². The van der Waals surface area contributed by atoms with Gasteiger partial charge in [0.05, 0.1) is 55.4 Å². The van der Waals surface area contributed by atoms with E-state index in [0.29, 0.717) is 32.1 Å². The number of ketones is 1. The van der Waals surface area contributed by atoms with E-state index in [-0.39, 0.29) is 90.6 Å². The van der Waals surface area contributed by atoms with Gasteiger partial charge in [-0.05, 0) is 126 Å². The Morgan fingerprint density at radius 2 is 1.09 bits per heavy atom. The molecule has 0 aromatic rings. The van der Waals surface area contributed by atoms with Crippen LogP contribution >= 0.6 is 0 Å². The second-order valence-electron chi connectivity index (χ2n) is 30.0. The van der Waals surface area contributed by atoms with Crippen molar-refractivity contribution in [3.05, 3.63) is 11.6 Å². The normalized spacial score (nSPS) is 51.0. The monoisotopic (exact) mass is 1440 g/mol. The molecule has 6 saturated heterocycles. The van der Waals surface area contributed by atoms with Crippen LogP contribution < -0.4 is 29.6 Å². The first-order valence-corrected chi connectivity index (χ1v) is 35.6. The Morgan fingerprint density at radius 3 is 1.61 bits per heavy atom. The maximum absolute atomic E-state index is 13.8. The Bertz CT molecular complexity index is 2800. The molecule has 560 valence electrons. The number of aliphatic hydroxyl groups is 15. The van der Waals surface area contributed by atoms with E-state index in [1.54, 1.807) is 6.92 Å². The van der Waals surface area contributed by atoms with Crippen molar-refractivity contribution >= 4 is 16.2 Å². The van der Waals surface area contributed by atoms with Crippen molar-refractivity contribution < 1.29 is 185 Å². The summed E-state index contributed by atoms with van der Waals surface area (Å²) in [5.74, 6) is -1.20. The summed E-state index contributed by atoms with van der Waals surface area (Å²) in [5.41, 5.74) is -1.43. The minimum Gasteiger partial charge on any atom is -0.726 e. The molecule has 9 fully saturated rings. The van der Waals surface area contributed by atoms with E-state index in [0.717, 1.165) is 5.57 Å². The standard InChI is InChI=1S/C64H106O32S.Na/c1-11-29(23(2)3)34(66)20-64(10,80)38-13-12-31-30-19-35(33-18-28(96-97(81,82)83)14-16-62(33,8)32(30)15-17-63(31,38)9)89-58-50(78)53(42(70)26(6)87-58)93-60-54(94-57-49(77)46(74)40(68)25(5)86-57)44(72)37(22-84-60)91-61-55(47(75)43(71)36(21-65)90-61)95-59-51(79)52(41(69)27(7)88-59)92-56-48(76)45(73)39(67)24(4)85-56;/h15,23-31,33,35-61,65,67-80H,11-14,16-22H2,1-10H3,(H,81,82,83);/q;+1/p-1/t24?,25?,26?,27?,28?,29-,30?,31?,33+,35-,36?,37?,38?,39?,40?,41?,42?,43?,44?,45?,46?,47?,48?,49?,50?,51?,52?,53?,54?,55?,56?,57?,58?,59?,60?,61?,62+,63-,64-;/m0./s1. The van der Waals surface area contributed by atoms with Crippen molar-refractivity contribution in [2.24, 2.45) is 46.3 Å². The average molecular weight is 1440 g/mol. The summed E-state index contributed by atoms with van der Waals surface area (Å²) < 4.78 is 115. The molecule has 0 aromatic carbocycles. The van der Waals surface area contributed by atoms with Gasteiger partial charge in [-0.1, -0.05) is 46.3 Å². The van der Waals surface area contributed by atoms with E-state index in [1.165, 1.54) is 27.7 Å². The van der Waals surface area contributed by atoms with Gasteiger partial charge < -0.3 is 138 Å². The van der Waals surface area contributed by atoms with Gasteiger partial charge in [0.15, 0.2) is 37.7 Å². The molecule has 98 heavy (non-hydrogen) atoms. The maximum atomic E-state index is 13.8. The molecule has 0 bridgehead atoms. The van der Waals surface area contributed by atoms with Crippen molar-refractivity contribution in [2.45, 2.75) is 323 Å². The topological polar surface area (TPSA) is 498 Å². The first kappa shape index (κ1) is 81.3. The zero-order chi connectivity index (χ0) is 71.2. The molecule has 10 rings (SSSR count). The molecule has 0 aromatic heterocycles. The zero-order valence-corrected chi connectivity index (χ0v) is 60.1. The van der Waals surface area contributed by atoms with E-state index in [1.807, 2.05) is 20.8 Å². The fourth-order valence-electron chi connectivity index (χ4n) is 17.8. The molecule has 4 aliphatic carbocycles. The first-order chi connectivity index (χ1) is 45.3. The van der Waals surface area contributed by atoms with Crippen LogP contribution in [0.25, 0.3) is 0 Å².